The summed E-state index contributed by atoms with van der Waals surface area (Å²) in [5, 5.41) is 0.495. The van der Waals surface area contributed by atoms with Crippen molar-refractivity contribution in [3.63, 3.8) is 0 Å². The molecule has 0 bridgehead atoms. The zero-order valence-electron chi connectivity index (χ0n) is 26.5. The van der Waals surface area contributed by atoms with E-state index in [4.69, 9.17) is 0 Å². The fourth-order valence-electron chi connectivity index (χ4n) is 9.64. The molecule has 226 valence electrons. The maximum atomic E-state index is 2.69. The molecule has 1 fully saturated rings. The number of hydrogen-bond acceptors (Lipinski definition) is 2. The summed E-state index contributed by atoms with van der Waals surface area (Å²) in [5.74, 6) is 2.79. The van der Waals surface area contributed by atoms with Crippen molar-refractivity contribution in [3.05, 3.63) is 161 Å². The van der Waals surface area contributed by atoms with Gasteiger partial charge < -0.3 is 4.90 Å². The molecule has 0 N–H and O–H groups in total. The van der Waals surface area contributed by atoms with Crippen LogP contribution in [0.4, 0.5) is 0 Å². The Kier molecular flexibility index (Phi) is 6.67. The van der Waals surface area contributed by atoms with Gasteiger partial charge in [-0.15, -0.1) is 11.8 Å². The monoisotopic (exact) mass is 605 g/mol. The van der Waals surface area contributed by atoms with Crippen molar-refractivity contribution in [2.45, 2.75) is 68.1 Å². The Morgan fingerprint density at radius 3 is 2.56 bits per heavy atom. The maximum Gasteiger partial charge on any atom is 0.0556 e. The van der Waals surface area contributed by atoms with E-state index in [0.29, 0.717) is 40.9 Å². The minimum absolute atomic E-state index is 0.210. The Balaban J connectivity index is 1.04. The van der Waals surface area contributed by atoms with Crippen LogP contribution in [0.15, 0.2) is 160 Å². The Hall–Kier alpha value is -3.49. The molecule has 0 aromatic heterocycles. The van der Waals surface area contributed by atoms with Gasteiger partial charge in [-0.2, -0.15) is 0 Å². The molecule has 8 aliphatic rings. The minimum Gasteiger partial charge on any atom is -0.338 e. The number of fused-ring (bicyclic) bond motifs is 7. The third-order valence-corrected chi connectivity index (χ3v) is 13.4. The summed E-state index contributed by atoms with van der Waals surface area (Å²) < 4.78 is 0. The number of allylic oxidation sites excluding steroid dienone is 18. The van der Waals surface area contributed by atoms with E-state index in [0.717, 1.165) is 19.3 Å². The SMILES string of the molecule is CC1(C)C2C=C3C=CCCC3=CC2C2C=CC(N(C3=CC=C(C4=CC=CC5c6ccccc6SC45)CC3)C3C=CC=CC3)=CC21. The molecule has 7 unspecified atom stereocenters. The van der Waals surface area contributed by atoms with Crippen LogP contribution in [0.25, 0.3) is 0 Å². The zero-order valence-corrected chi connectivity index (χ0v) is 27.3. The number of hydrogen-bond donors (Lipinski definition) is 0. The van der Waals surface area contributed by atoms with Crippen LogP contribution in [-0.4, -0.2) is 16.2 Å². The highest BCUT2D eigenvalue weighted by molar-refractivity contribution is 8.00. The van der Waals surface area contributed by atoms with E-state index < -0.39 is 0 Å². The van der Waals surface area contributed by atoms with E-state index in [1.54, 1.807) is 5.57 Å². The van der Waals surface area contributed by atoms with Crippen molar-refractivity contribution in [1.82, 2.24) is 4.90 Å². The Labute approximate surface area is 273 Å². The minimum atomic E-state index is 0.210. The van der Waals surface area contributed by atoms with Crippen LogP contribution in [0.2, 0.25) is 0 Å². The van der Waals surface area contributed by atoms with E-state index in [2.05, 4.69) is 152 Å². The molecular weight excluding hydrogens is 563 g/mol. The van der Waals surface area contributed by atoms with Gasteiger partial charge in [0, 0.05) is 27.5 Å². The highest BCUT2D eigenvalue weighted by Crippen LogP contribution is 2.60. The third kappa shape index (κ3) is 4.50. The molecule has 2 heteroatoms. The summed E-state index contributed by atoms with van der Waals surface area (Å²) in [7, 11) is 0. The van der Waals surface area contributed by atoms with Gasteiger partial charge in [-0.3, -0.25) is 0 Å². The van der Waals surface area contributed by atoms with Gasteiger partial charge in [0.05, 0.1) is 6.04 Å². The lowest BCUT2D eigenvalue weighted by Crippen LogP contribution is -2.35. The maximum absolute atomic E-state index is 2.69. The van der Waals surface area contributed by atoms with Crippen molar-refractivity contribution < 1.29 is 0 Å². The molecule has 1 aromatic rings. The molecule has 1 saturated carbocycles. The molecule has 45 heavy (non-hydrogen) atoms. The van der Waals surface area contributed by atoms with Crippen molar-refractivity contribution in [3.8, 4) is 0 Å². The van der Waals surface area contributed by atoms with E-state index in [1.807, 2.05) is 0 Å². The summed E-state index contributed by atoms with van der Waals surface area (Å²) >= 11 is 2.06. The molecule has 1 aliphatic heterocycles. The number of thioether (sulfide) groups is 1. The fourth-order valence-corrected chi connectivity index (χ4v) is 11.2. The third-order valence-electron chi connectivity index (χ3n) is 12.0. The summed E-state index contributed by atoms with van der Waals surface area (Å²) in [4.78, 5) is 4.14. The molecule has 0 saturated heterocycles. The summed E-state index contributed by atoms with van der Waals surface area (Å²) in [5.41, 5.74) is 10.7. The molecule has 7 atom stereocenters. The molecule has 0 radical (unpaired) electrons. The van der Waals surface area contributed by atoms with Gasteiger partial charge in [-0.25, -0.2) is 0 Å². The number of nitrogens with zero attached hydrogens (tertiary/aromatic N) is 1. The molecule has 0 spiro atoms. The summed E-state index contributed by atoms with van der Waals surface area (Å²) in [6, 6.07) is 9.36. The van der Waals surface area contributed by atoms with E-state index in [9.17, 15) is 0 Å². The average molecular weight is 606 g/mol. The molecule has 1 heterocycles. The van der Waals surface area contributed by atoms with Crippen LogP contribution in [0.5, 0.6) is 0 Å². The van der Waals surface area contributed by atoms with Crippen LogP contribution in [0, 0.1) is 29.1 Å². The van der Waals surface area contributed by atoms with Crippen molar-refractivity contribution in [1.29, 1.82) is 0 Å². The Bertz CT molecular complexity index is 1780. The topological polar surface area (TPSA) is 3.24 Å². The second kappa shape index (κ2) is 10.8. The molecule has 0 amide bonds. The average Bonchev–Trinajstić information content (AvgIpc) is 3.57. The lowest BCUT2D eigenvalue weighted by molar-refractivity contribution is 0.232. The highest BCUT2D eigenvalue weighted by Gasteiger charge is 2.54. The smallest absolute Gasteiger partial charge is 0.0556 e. The first-order chi connectivity index (χ1) is 22.1. The highest BCUT2D eigenvalue weighted by atomic mass is 32.2. The first-order valence-corrected chi connectivity index (χ1v) is 18.1. The lowest BCUT2D eigenvalue weighted by atomic mass is 9.70. The van der Waals surface area contributed by atoms with Gasteiger partial charge in [0.2, 0.25) is 0 Å². The molecule has 7 aliphatic carbocycles. The van der Waals surface area contributed by atoms with Gasteiger partial charge in [-0.1, -0.05) is 117 Å². The predicted octanol–water partition coefficient (Wildman–Crippen LogP) is 10.7. The van der Waals surface area contributed by atoms with Crippen LogP contribution in [-0.2, 0) is 0 Å². The van der Waals surface area contributed by atoms with Gasteiger partial charge in [0.1, 0.15) is 0 Å². The van der Waals surface area contributed by atoms with Crippen molar-refractivity contribution >= 4 is 11.8 Å². The zero-order chi connectivity index (χ0) is 30.1. The molecule has 9 rings (SSSR count). The summed E-state index contributed by atoms with van der Waals surface area (Å²) in [6.07, 6.45) is 44.6. The van der Waals surface area contributed by atoms with Gasteiger partial charge in [-0.05, 0) is 107 Å². The Morgan fingerprint density at radius 2 is 1.69 bits per heavy atom. The second-order valence-electron chi connectivity index (χ2n) is 14.7. The quantitative estimate of drug-likeness (QED) is 0.336. The van der Waals surface area contributed by atoms with Gasteiger partial charge >= 0.3 is 0 Å². The van der Waals surface area contributed by atoms with Crippen LogP contribution in [0.1, 0.15) is 57.4 Å². The Morgan fingerprint density at radius 1 is 0.778 bits per heavy atom. The first-order valence-electron chi connectivity index (χ1n) is 17.2. The van der Waals surface area contributed by atoms with Crippen LogP contribution < -0.4 is 0 Å². The summed E-state index contributed by atoms with van der Waals surface area (Å²) in [6.45, 7) is 5.07. The fraction of sp³-hybridized carbons (Fsp3) is 0.349. The van der Waals surface area contributed by atoms with Crippen molar-refractivity contribution in [2.75, 3.05) is 0 Å². The van der Waals surface area contributed by atoms with Gasteiger partial charge in [0.25, 0.3) is 0 Å². The largest absolute Gasteiger partial charge is 0.338 e. The lowest BCUT2D eigenvalue weighted by Gasteiger charge is -2.40. The van der Waals surface area contributed by atoms with E-state index in [-0.39, 0.29) is 5.41 Å². The first kappa shape index (κ1) is 27.8. The number of benzene rings is 1. The molecule has 1 aromatic carbocycles. The standard InChI is InChI=1S/C43H43NS/c1-43(2)39-26-30-12-7-6-11-29(30)25-38(39)35-24-23-33(27-40(35)43)44(31-13-4-3-5-14-31)32-21-19-28(20-22-32)34-16-10-17-37-36-15-8-9-18-41(36)45-42(34)37/h3-5,7-10,12-13,15-19,21,23-27,31,35,37-40,42H,6,11,14,20,22H2,1-2H3. The predicted molar refractivity (Wildman–Crippen MR) is 189 cm³/mol. The van der Waals surface area contributed by atoms with E-state index in [1.165, 1.54) is 51.4 Å². The van der Waals surface area contributed by atoms with Gasteiger partial charge in [0.15, 0.2) is 0 Å². The van der Waals surface area contributed by atoms with Crippen molar-refractivity contribution in [2.24, 2.45) is 29.1 Å². The van der Waals surface area contributed by atoms with Crippen LogP contribution >= 0.6 is 11.8 Å². The van der Waals surface area contributed by atoms with E-state index >= 15 is 0 Å². The normalized spacial score (nSPS) is 34.7. The van der Waals surface area contributed by atoms with Crippen LogP contribution in [0.3, 0.4) is 0 Å². The number of rotatable bonds is 4. The second-order valence-corrected chi connectivity index (χ2v) is 15.9. The molecular formula is C43H43NS. The molecule has 1 nitrogen and oxygen atoms in total.